The molecule has 8 heteroatoms. The molecule has 0 saturated heterocycles. The highest BCUT2D eigenvalue weighted by Crippen LogP contribution is 2.47. The lowest BCUT2D eigenvalue weighted by molar-refractivity contribution is -0.0715. The van der Waals surface area contributed by atoms with Crippen LogP contribution < -0.4 is 5.32 Å². The lowest BCUT2D eigenvalue weighted by Crippen LogP contribution is -2.46. The van der Waals surface area contributed by atoms with Crippen molar-refractivity contribution in [3.8, 4) is 0 Å². The molecule has 1 aromatic heterocycles. The summed E-state index contributed by atoms with van der Waals surface area (Å²) in [6.07, 6.45) is -0.0303. The molecule has 4 aromatic rings. The zero-order chi connectivity index (χ0) is 23.9. The van der Waals surface area contributed by atoms with Crippen LogP contribution >= 0.6 is 0 Å². The van der Waals surface area contributed by atoms with E-state index in [9.17, 15) is 14.7 Å². The number of nitrogens with zero attached hydrogens (tertiary/aromatic N) is 2. The van der Waals surface area contributed by atoms with Crippen LogP contribution in [0.15, 0.2) is 72.8 Å². The second-order valence-corrected chi connectivity index (χ2v) is 8.16. The predicted octanol–water partition coefficient (Wildman–Crippen LogP) is 4.54. The van der Waals surface area contributed by atoms with Gasteiger partial charge in [0.1, 0.15) is 0 Å². The molecule has 2 amide bonds. The number of rotatable bonds is 5. The fourth-order valence-electron chi connectivity index (χ4n) is 4.71. The van der Waals surface area contributed by atoms with Gasteiger partial charge in [-0.3, -0.25) is 15.0 Å². The average molecular weight is 457 g/mol. The van der Waals surface area contributed by atoms with E-state index >= 15 is 0 Å². The van der Waals surface area contributed by atoms with Crippen molar-refractivity contribution in [1.29, 1.82) is 0 Å². The molecule has 0 spiro atoms. The van der Waals surface area contributed by atoms with Gasteiger partial charge in [0.25, 0.3) is 5.91 Å². The molecule has 3 N–H and O–H groups in total. The minimum absolute atomic E-state index is 0.224. The van der Waals surface area contributed by atoms with Crippen LogP contribution in [-0.2, 0) is 10.5 Å². The summed E-state index contributed by atoms with van der Waals surface area (Å²) < 4.78 is 4.62. The number of aliphatic hydroxyl groups is 1. The SMILES string of the molecule is CC[C@@H](c1ccccc1)N1C(=O)c2ccccc2C1(O)c1ccc2[nH]c(NC(=O)OC)nc2c1. The first-order valence-electron chi connectivity index (χ1n) is 11.0. The summed E-state index contributed by atoms with van der Waals surface area (Å²) in [4.78, 5) is 34.2. The molecule has 0 radical (unpaired) electrons. The smallest absolute Gasteiger partial charge is 0.413 e. The molecule has 0 fully saturated rings. The number of imidazole rings is 1. The average Bonchev–Trinajstić information content (AvgIpc) is 3.37. The van der Waals surface area contributed by atoms with E-state index in [1.165, 1.54) is 7.11 Å². The summed E-state index contributed by atoms with van der Waals surface area (Å²) in [5.41, 5.74) is 1.93. The summed E-state index contributed by atoms with van der Waals surface area (Å²) in [5.74, 6) is -0.00885. The highest BCUT2D eigenvalue weighted by atomic mass is 16.5. The Kier molecular flexibility index (Phi) is 5.30. The quantitative estimate of drug-likeness (QED) is 0.409. The molecule has 1 unspecified atom stereocenters. The molecule has 3 aromatic carbocycles. The van der Waals surface area contributed by atoms with Crippen LogP contribution in [0.3, 0.4) is 0 Å². The number of carbonyl (C=O) groups excluding carboxylic acids is 2. The summed E-state index contributed by atoms with van der Waals surface area (Å²) in [5, 5.41) is 14.8. The zero-order valence-corrected chi connectivity index (χ0v) is 18.8. The lowest BCUT2D eigenvalue weighted by atomic mass is 9.91. The monoisotopic (exact) mass is 456 g/mol. The Morgan fingerprint density at radius 1 is 1.15 bits per heavy atom. The largest absolute Gasteiger partial charge is 0.453 e. The minimum atomic E-state index is -1.70. The van der Waals surface area contributed by atoms with Crippen molar-refractivity contribution in [1.82, 2.24) is 14.9 Å². The van der Waals surface area contributed by atoms with Crippen LogP contribution in [0.4, 0.5) is 10.7 Å². The first kappa shape index (κ1) is 21.7. The van der Waals surface area contributed by atoms with E-state index in [-0.39, 0.29) is 17.9 Å². The molecule has 1 aliphatic heterocycles. The molecule has 2 heterocycles. The van der Waals surface area contributed by atoms with E-state index in [0.717, 1.165) is 5.56 Å². The Hall–Kier alpha value is -4.17. The van der Waals surface area contributed by atoms with Crippen molar-refractivity contribution in [3.63, 3.8) is 0 Å². The van der Waals surface area contributed by atoms with Gasteiger partial charge in [-0.1, -0.05) is 61.5 Å². The maximum atomic E-state index is 13.7. The van der Waals surface area contributed by atoms with Crippen molar-refractivity contribution < 1.29 is 19.4 Å². The lowest BCUT2D eigenvalue weighted by Gasteiger charge is -2.40. The molecule has 34 heavy (non-hydrogen) atoms. The molecule has 0 aliphatic carbocycles. The molecular weight excluding hydrogens is 432 g/mol. The molecule has 5 rings (SSSR count). The standard InChI is InChI=1S/C26H24N4O4/c1-3-22(16-9-5-4-6-10-16)30-23(31)18-11-7-8-12-19(18)26(30,33)17-13-14-20-21(15-17)28-24(27-20)29-25(32)34-2/h4-15,22,33H,3H2,1-2H3,(H2,27,28,29,32)/t22-,26?/m0/s1. The second kappa shape index (κ2) is 8.31. The van der Waals surface area contributed by atoms with E-state index in [2.05, 4.69) is 20.0 Å². The minimum Gasteiger partial charge on any atom is -0.453 e. The van der Waals surface area contributed by atoms with Crippen molar-refractivity contribution >= 4 is 29.0 Å². The maximum Gasteiger partial charge on any atom is 0.413 e. The van der Waals surface area contributed by atoms with Gasteiger partial charge in [-0.25, -0.2) is 9.78 Å². The molecule has 0 saturated carbocycles. The number of anilines is 1. The van der Waals surface area contributed by atoms with E-state index in [0.29, 0.717) is 34.1 Å². The Balaban J connectivity index is 1.66. The highest BCUT2D eigenvalue weighted by molar-refractivity contribution is 6.01. The summed E-state index contributed by atoms with van der Waals surface area (Å²) in [6, 6.07) is 21.8. The number of hydrogen-bond acceptors (Lipinski definition) is 5. The molecule has 1 aliphatic rings. The second-order valence-electron chi connectivity index (χ2n) is 8.16. The van der Waals surface area contributed by atoms with Crippen LogP contribution in [0.1, 0.15) is 46.4 Å². The van der Waals surface area contributed by atoms with Gasteiger partial charge in [0.2, 0.25) is 5.95 Å². The van der Waals surface area contributed by atoms with Crippen LogP contribution in [0.2, 0.25) is 0 Å². The number of amides is 2. The highest BCUT2D eigenvalue weighted by Gasteiger charge is 2.52. The van der Waals surface area contributed by atoms with Crippen LogP contribution in [-0.4, -0.2) is 39.1 Å². The normalized spacial score (nSPS) is 18.1. The number of nitrogens with one attached hydrogen (secondary N) is 2. The number of benzene rings is 3. The van der Waals surface area contributed by atoms with Crippen molar-refractivity contribution in [2.75, 3.05) is 12.4 Å². The number of H-pyrrole nitrogens is 1. The van der Waals surface area contributed by atoms with Gasteiger partial charge in [0.15, 0.2) is 5.72 Å². The summed E-state index contributed by atoms with van der Waals surface area (Å²) >= 11 is 0. The number of methoxy groups -OCH3 is 1. The van der Waals surface area contributed by atoms with E-state index in [1.807, 2.05) is 43.3 Å². The third-order valence-electron chi connectivity index (χ3n) is 6.27. The predicted molar refractivity (Wildman–Crippen MR) is 127 cm³/mol. The molecule has 172 valence electrons. The Morgan fingerprint density at radius 3 is 2.62 bits per heavy atom. The third-order valence-corrected chi connectivity index (χ3v) is 6.27. The molecular formula is C26H24N4O4. The maximum absolute atomic E-state index is 13.7. The first-order valence-corrected chi connectivity index (χ1v) is 11.0. The van der Waals surface area contributed by atoms with Gasteiger partial charge in [0, 0.05) is 16.7 Å². The fourth-order valence-corrected chi connectivity index (χ4v) is 4.71. The summed E-state index contributed by atoms with van der Waals surface area (Å²) in [6.45, 7) is 2.00. The molecule has 2 atom stereocenters. The number of aromatic nitrogens is 2. The molecule has 8 nitrogen and oxygen atoms in total. The van der Waals surface area contributed by atoms with E-state index in [4.69, 9.17) is 0 Å². The van der Waals surface area contributed by atoms with Gasteiger partial charge < -0.3 is 14.8 Å². The Labute approximate surface area is 196 Å². The van der Waals surface area contributed by atoms with E-state index < -0.39 is 11.8 Å². The van der Waals surface area contributed by atoms with Gasteiger partial charge in [-0.05, 0) is 30.2 Å². The van der Waals surface area contributed by atoms with Crippen molar-refractivity contribution in [3.05, 3.63) is 95.1 Å². The number of ether oxygens (including phenoxy) is 1. The Morgan fingerprint density at radius 2 is 1.88 bits per heavy atom. The van der Waals surface area contributed by atoms with Gasteiger partial charge in [-0.15, -0.1) is 0 Å². The van der Waals surface area contributed by atoms with Gasteiger partial charge in [0.05, 0.1) is 24.2 Å². The van der Waals surface area contributed by atoms with Crippen molar-refractivity contribution in [2.45, 2.75) is 25.1 Å². The van der Waals surface area contributed by atoms with Gasteiger partial charge >= 0.3 is 6.09 Å². The zero-order valence-electron chi connectivity index (χ0n) is 18.8. The topological polar surface area (TPSA) is 108 Å². The molecule has 0 bridgehead atoms. The summed E-state index contributed by atoms with van der Waals surface area (Å²) in [7, 11) is 1.27. The third kappa shape index (κ3) is 3.31. The Bertz CT molecular complexity index is 1380. The fraction of sp³-hybridized carbons (Fsp3) is 0.192. The van der Waals surface area contributed by atoms with Gasteiger partial charge in [-0.2, -0.15) is 0 Å². The number of aromatic amines is 1. The van der Waals surface area contributed by atoms with Crippen LogP contribution in [0, 0.1) is 0 Å². The number of fused-ring (bicyclic) bond motifs is 2. The first-order chi connectivity index (χ1) is 16.5. The van der Waals surface area contributed by atoms with E-state index in [1.54, 1.807) is 41.3 Å². The van der Waals surface area contributed by atoms with Crippen LogP contribution in [0.5, 0.6) is 0 Å². The van der Waals surface area contributed by atoms with Crippen molar-refractivity contribution in [2.24, 2.45) is 0 Å². The number of carbonyl (C=O) groups is 2. The van der Waals surface area contributed by atoms with Crippen LogP contribution in [0.25, 0.3) is 11.0 Å². The number of hydrogen-bond donors (Lipinski definition) is 3.